The first-order valence-electron chi connectivity index (χ1n) is 9.25. The van der Waals surface area contributed by atoms with E-state index in [1.807, 2.05) is 35.2 Å². The lowest BCUT2D eigenvalue weighted by atomic mass is 10.1. The summed E-state index contributed by atoms with van der Waals surface area (Å²) in [7, 11) is 0. The van der Waals surface area contributed by atoms with Crippen molar-refractivity contribution in [3.8, 4) is 0 Å². The number of hydrogen-bond donors (Lipinski definition) is 0. The molecule has 0 bridgehead atoms. The summed E-state index contributed by atoms with van der Waals surface area (Å²) < 4.78 is 13.9. The molecule has 1 amide bonds. The van der Waals surface area contributed by atoms with Gasteiger partial charge in [0.05, 0.1) is 5.02 Å². The van der Waals surface area contributed by atoms with Gasteiger partial charge in [-0.15, -0.1) is 0 Å². The SMILES string of the molecule is CC1CN(C(=O)C=Cc2ccc(Br)c(Cl)c2)C(C)CN1Cc1ccc(F)cc1. The van der Waals surface area contributed by atoms with Gasteiger partial charge in [-0.05, 0) is 71.2 Å². The summed E-state index contributed by atoms with van der Waals surface area (Å²) in [4.78, 5) is 17.0. The van der Waals surface area contributed by atoms with Crippen molar-refractivity contribution >= 4 is 39.5 Å². The first kappa shape index (κ1) is 21.0. The third-order valence-electron chi connectivity index (χ3n) is 5.06. The zero-order valence-corrected chi connectivity index (χ0v) is 18.3. The quantitative estimate of drug-likeness (QED) is 0.566. The van der Waals surface area contributed by atoms with Crippen molar-refractivity contribution < 1.29 is 9.18 Å². The van der Waals surface area contributed by atoms with Gasteiger partial charge in [0, 0.05) is 42.3 Å². The maximum absolute atomic E-state index is 13.1. The molecule has 1 aliphatic rings. The number of carbonyl (C=O) groups excluding carboxylic acids is 1. The molecule has 2 unspecified atom stereocenters. The first-order chi connectivity index (χ1) is 13.3. The van der Waals surface area contributed by atoms with Crippen LogP contribution in [0.15, 0.2) is 53.0 Å². The molecule has 2 aromatic carbocycles. The first-order valence-corrected chi connectivity index (χ1v) is 10.4. The summed E-state index contributed by atoms with van der Waals surface area (Å²) in [5.74, 6) is -0.223. The smallest absolute Gasteiger partial charge is 0.246 e. The average Bonchev–Trinajstić information content (AvgIpc) is 2.67. The van der Waals surface area contributed by atoms with Crippen LogP contribution in [-0.4, -0.2) is 40.9 Å². The molecular weight excluding hydrogens is 443 g/mol. The Kier molecular flexibility index (Phi) is 6.91. The van der Waals surface area contributed by atoms with E-state index in [1.54, 1.807) is 12.2 Å². The van der Waals surface area contributed by atoms with Gasteiger partial charge in [-0.25, -0.2) is 4.39 Å². The number of amides is 1. The van der Waals surface area contributed by atoms with E-state index in [4.69, 9.17) is 11.6 Å². The van der Waals surface area contributed by atoms with Crippen molar-refractivity contribution in [3.05, 3.63) is 75.0 Å². The van der Waals surface area contributed by atoms with Gasteiger partial charge in [0.15, 0.2) is 0 Å². The van der Waals surface area contributed by atoms with Gasteiger partial charge < -0.3 is 4.90 Å². The van der Waals surface area contributed by atoms with Crippen LogP contribution in [-0.2, 0) is 11.3 Å². The number of nitrogens with zero attached hydrogens (tertiary/aromatic N) is 2. The maximum atomic E-state index is 13.1. The van der Waals surface area contributed by atoms with Crippen LogP contribution in [0.1, 0.15) is 25.0 Å². The fourth-order valence-corrected chi connectivity index (χ4v) is 3.86. The molecule has 0 N–H and O–H groups in total. The summed E-state index contributed by atoms with van der Waals surface area (Å²) in [5, 5.41) is 0.617. The topological polar surface area (TPSA) is 23.6 Å². The molecule has 28 heavy (non-hydrogen) atoms. The van der Waals surface area contributed by atoms with Crippen molar-refractivity contribution in [2.24, 2.45) is 0 Å². The molecule has 3 nitrogen and oxygen atoms in total. The van der Waals surface area contributed by atoms with Crippen LogP contribution in [0.5, 0.6) is 0 Å². The second kappa shape index (κ2) is 9.21. The van der Waals surface area contributed by atoms with E-state index in [1.165, 1.54) is 12.1 Å². The average molecular weight is 466 g/mol. The molecular formula is C22H23BrClFN2O. The van der Waals surface area contributed by atoms with Crippen LogP contribution >= 0.6 is 27.5 Å². The van der Waals surface area contributed by atoms with Crippen LogP contribution in [0, 0.1) is 5.82 Å². The van der Waals surface area contributed by atoms with Crippen LogP contribution in [0.25, 0.3) is 6.08 Å². The number of piperazine rings is 1. The van der Waals surface area contributed by atoms with Gasteiger partial charge in [0.2, 0.25) is 5.91 Å². The van der Waals surface area contributed by atoms with Gasteiger partial charge in [0.25, 0.3) is 0 Å². The summed E-state index contributed by atoms with van der Waals surface area (Å²) in [6.07, 6.45) is 3.40. The summed E-state index contributed by atoms with van der Waals surface area (Å²) >= 11 is 9.47. The van der Waals surface area contributed by atoms with Gasteiger partial charge in [0.1, 0.15) is 5.82 Å². The zero-order valence-electron chi connectivity index (χ0n) is 15.9. The summed E-state index contributed by atoms with van der Waals surface area (Å²) in [6.45, 7) is 6.37. The lowest BCUT2D eigenvalue weighted by Gasteiger charge is -2.44. The monoisotopic (exact) mass is 464 g/mol. The van der Waals surface area contributed by atoms with Gasteiger partial charge >= 0.3 is 0 Å². The molecule has 0 aromatic heterocycles. The van der Waals surface area contributed by atoms with Gasteiger partial charge in [-0.1, -0.05) is 29.8 Å². The minimum absolute atomic E-state index is 0.000164. The zero-order chi connectivity index (χ0) is 20.3. The Morgan fingerprint density at radius 3 is 2.57 bits per heavy atom. The Morgan fingerprint density at radius 2 is 1.89 bits per heavy atom. The molecule has 0 saturated carbocycles. The van der Waals surface area contributed by atoms with E-state index in [0.717, 1.165) is 28.7 Å². The molecule has 0 spiro atoms. The Balaban J connectivity index is 1.62. The highest BCUT2D eigenvalue weighted by Gasteiger charge is 2.30. The fraction of sp³-hybridized carbons (Fsp3) is 0.318. The lowest BCUT2D eigenvalue weighted by Crippen LogP contribution is -2.57. The highest BCUT2D eigenvalue weighted by Crippen LogP contribution is 2.24. The van der Waals surface area contributed by atoms with Crippen molar-refractivity contribution in [1.29, 1.82) is 0 Å². The Labute approximate surface area is 178 Å². The second-order valence-corrected chi connectivity index (χ2v) is 8.51. The van der Waals surface area contributed by atoms with Crippen LogP contribution in [0.2, 0.25) is 5.02 Å². The van der Waals surface area contributed by atoms with E-state index in [0.29, 0.717) is 11.6 Å². The molecule has 148 valence electrons. The Hall–Kier alpha value is -1.69. The van der Waals surface area contributed by atoms with Crippen molar-refractivity contribution in [2.75, 3.05) is 13.1 Å². The standard InChI is InChI=1S/C22H23BrClFN2O/c1-15-13-27(22(28)10-6-17-5-9-20(23)21(24)11-17)16(2)12-26(15)14-18-3-7-19(25)8-4-18/h3-11,15-16H,12-14H2,1-2H3. The highest BCUT2D eigenvalue weighted by atomic mass is 79.9. The number of rotatable bonds is 4. The molecule has 2 aromatic rings. The Bertz CT molecular complexity index is 871. The number of benzene rings is 2. The van der Waals surface area contributed by atoms with E-state index >= 15 is 0 Å². The Morgan fingerprint density at radius 1 is 1.18 bits per heavy atom. The number of carbonyl (C=O) groups is 1. The fourth-order valence-electron chi connectivity index (χ4n) is 3.43. The van der Waals surface area contributed by atoms with Crippen LogP contribution in [0.3, 0.4) is 0 Å². The largest absolute Gasteiger partial charge is 0.334 e. The molecule has 2 atom stereocenters. The predicted octanol–water partition coefficient (Wildman–Crippen LogP) is 5.38. The summed E-state index contributed by atoms with van der Waals surface area (Å²) in [5.41, 5.74) is 1.96. The van der Waals surface area contributed by atoms with E-state index in [9.17, 15) is 9.18 Å². The molecule has 1 aliphatic heterocycles. The minimum Gasteiger partial charge on any atom is -0.334 e. The van der Waals surface area contributed by atoms with Gasteiger partial charge in [-0.3, -0.25) is 9.69 Å². The maximum Gasteiger partial charge on any atom is 0.246 e. The van der Waals surface area contributed by atoms with Crippen LogP contribution in [0.4, 0.5) is 4.39 Å². The van der Waals surface area contributed by atoms with E-state index in [2.05, 4.69) is 34.7 Å². The predicted molar refractivity (Wildman–Crippen MR) is 116 cm³/mol. The van der Waals surface area contributed by atoms with Crippen LogP contribution < -0.4 is 0 Å². The van der Waals surface area contributed by atoms with E-state index < -0.39 is 0 Å². The van der Waals surface area contributed by atoms with E-state index in [-0.39, 0.29) is 23.8 Å². The second-order valence-electron chi connectivity index (χ2n) is 7.25. The third-order valence-corrected chi connectivity index (χ3v) is 6.29. The third kappa shape index (κ3) is 5.22. The minimum atomic E-state index is -0.223. The molecule has 1 fully saturated rings. The molecule has 0 radical (unpaired) electrons. The lowest BCUT2D eigenvalue weighted by molar-refractivity contribution is -0.131. The number of halogens is 3. The molecule has 3 rings (SSSR count). The number of hydrogen-bond acceptors (Lipinski definition) is 2. The van der Waals surface area contributed by atoms with Crippen molar-refractivity contribution in [2.45, 2.75) is 32.5 Å². The molecule has 0 aliphatic carbocycles. The molecule has 1 heterocycles. The van der Waals surface area contributed by atoms with Crippen molar-refractivity contribution in [1.82, 2.24) is 9.80 Å². The van der Waals surface area contributed by atoms with Gasteiger partial charge in [-0.2, -0.15) is 0 Å². The molecule has 1 saturated heterocycles. The van der Waals surface area contributed by atoms with Crippen molar-refractivity contribution in [3.63, 3.8) is 0 Å². The highest BCUT2D eigenvalue weighted by molar-refractivity contribution is 9.10. The molecule has 6 heteroatoms. The normalized spacial score (nSPS) is 20.7. The summed E-state index contributed by atoms with van der Waals surface area (Å²) in [6, 6.07) is 12.5.